The van der Waals surface area contributed by atoms with Gasteiger partial charge in [0.15, 0.2) is 0 Å². The Morgan fingerprint density at radius 3 is 2.92 bits per heavy atom. The lowest BCUT2D eigenvalue weighted by atomic mass is 10.4. The Balaban J connectivity index is 2.07. The van der Waals surface area contributed by atoms with Gasteiger partial charge < -0.3 is 5.32 Å². The van der Waals surface area contributed by atoms with Crippen LogP contribution in [0.15, 0.2) is 11.4 Å². The van der Waals surface area contributed by atoms with Crippen LogP contribution in [0, 0.1) is 5.82 Å². The van der Waals surface area contributed by atoms with Crippen molar-refractivity contribution in [2.75, 3.05) is 0 Å². The first kappa shape index (κ1) is 7.73. The van der Waals surface area contributed by atoms with Crippen molar-refractivity contribution in [1.82, 2.24) is 5.32 Å². The van der Waals surface area contributed by atoms with E-state index in [1.54, 1.807) is 5.38 Å². The summed E-state index contributed by atoms with van der Waals surface area (Å²) in [5, 5.41) is 4.31. The van der Waals surface area contributed by atoms with Gasteiger partial charge in [0, 0.05) is 6.04 Å². The van der Waals surface area contributed by atoms with Gasteiger partial charge in [-0.2, -0.15) is 0 Å². The highest BCUT2D eigenvalue weighted by molar-refractivity contribution is 7.12. The van der Waals surface area contributed by atoms with E-state index in [-0.39, 0.29) is 10.8 Å². The fraction of sp³-hybridized carbons (Fsp3) is 0.375. The van der Waals surface area contributed by atoms with Crippen molar-refractivity contribution in [3.8, 4) is 0 Å². The molecule has 1 N–H and O–H groups in total. The molecule has 1 fully saturated rings. The van der Waals surface area contributed by atoms with Crippen LogP contribution in [0.25, 0.3) is 0 Å². The van der Waals surface area contributed by atoms with Gasteiger partial charge >= 0.3 is 0 Å². The first-order valence-electron chi connectivity index (χ1n) is 3.81. The molecule has 0 atom stereocenters. The second kappa shape index (κ2) is 2.86. The van der Waals surface area contributed by atoms with Crippen LogP contribution in [0.2, 0.25) is 0 Å². The van der Waals surface area contributed by atoms with Gasteiger partial charge in [0.05, 0.1) is 0 Å². The van der Waals surface area contributed by atoms with Crippen LogP contribution in [0.3, 0.4) is 0 Å². The Morgan fingerprint density at radius 1 is 1.67 bits per heavy atom. The normalized spacial score (nSPS) is 16.1. The molecule has 0 radical (unpaired) electrons. The molecular formula is C8H8FNOS. The Labute approximate surface area is 73.4 Å². The zero-order chi connectivity index (χ0) is 8.55. The van der Waals surface area contributed by atoms with Crippen molar-refractivity contribution in [2.45, 2.75) is 18.9 Å². The molecule has 64 valence electrons. The predicted octanol–water partition coefficient (Wildman–Crippen LogP) is 1.78. The molecule has 1 aliphatic rings. The van der Waals surface area contributed by atoms with E-state index in [0.717, 1.165) is 24.2 Å². The van der Waals surface area contributed by atoms with Crippen molar-refractivity contribution in [1.29, 1.82) is 0 Å². The van der Waals surface area contributed by atoms with E-state index in [2.05, 4.69) is 5.32 Å². The Kier molecular flexibility index (Phi) is 1.84. The molecule has 0 spiro atoms. The summed E-state index contributed by atoms with van der Waals surface area (Å²) in [6, 6.07) is 1.60. The van der Waals surface area contributed by atoms with Crippen LogP contribution in [-0.2, 0) is 0 Å². The molecule has 2 nitrogen and oxygen atoms in total. The van der Waals surface area contributed by atoms with E-state index < -0.39 is 5.82 Å². The second-order valence-electron chi connectivity index (χ2n) is 2.85. The maximum atomic E-state index is 12.8. The molecular weight excluding hydrogens is 177 g/mol. The van der Waals surface area contributed by atoms with Crippen molar-refractivity contribution < 1.29 is 9.18 Å². The standard InChI is InChI=1S/C8H8FNOS/c9-6-3-4-12-7(6)8(11)10-5-1-2-5/h3-5H,1-2H2,(H,10,11). The van der Waals surface area contributed by atoms with Crippen LogP contribution in [0.1, 0.15) is 22.5 Å². The van der Waals surface area contributed by atoms with Crippen LogP contribution < -0.4 is 5.32 Å². The number of hydrogen-bond acceptors (Lipinski definition) is 2. The molecule has 1 aromatic rings. The first-order valence-corrected chi connectivity index (χ1v) is 4.69. The SMILES string of the molecule is O=C(NC1CC1)c1sccc1F. The average Bonchev–Trinajstić information content (AvgIpc) is 2.72. The molecule has 4 heteroatoms. The molecule has 1 heterocycles. The zero-order valence-corrected chi connectivity index (χ0v) is 7.16. The average molecular weight is 185 g/mol. The summed E-state index contributed by atoms with van der Waals surface area (Å²) in [4.78, 5) is 11.4. The van der Waals surface area contributed by atoms with E-state index in [9.17, 15) is 9.18 Å². The molecule has 0 saturated heterocycles. The third kappa shape index (κ3) is 1.48. The highest BCUT2D eigenvalue weighted by Gasteiger charge is 2.25. The number of thiophene rings is 1. The molecule has 1 saturated carbocycles. The fourth-order valence-electron chi connectivity index (χ4n) is 0.934. The van der Waals surface area contributed by atoms with Gasteiger partial charge in [-0.1, -0.05) is 0 Å². The van der Waals surface area contributed by atoms with Gasteiger partial charge in [-0.05, 0) is 24.3 Å². The van der Waals surface area contributed by atoms with Gasteiger partial charge in [-0.25, -0.2) is 4.39 Å². The fourth-order valence-corrected chi connectivity index (χ4v) is 1.60. The highest BCUT2D eigenvalue weighted by atomic mass is 32.1. The molecule has 1 amide bonds. The number of rotatable bonds is 2. The summed E-state index contributed by atoms with van der Waals surface area (Å²) in [6.45, 7) is 0. The van der Waals surface area contributed by atoms with Gasteiger partial charge in [-0.3, -0.25) is 4.79 Å². The van der Waals surface area contributed by atoms with E-state index in [4.69, 9.17) is 0 Å². The number of carbonyl (C=O) groups excluding carboxylic acids is 1. The maximum Gasteiger partial charge on any atom is 0.264 e. The molecule has 12 heavy (non-hydrogen) atoms. The van der Waals surface area contributed by atoms with E-state index in [0.29, 0.717) is 6.04 Å². The molecule has 2 rings (SSSR count). The lowest BCUT2D eigenvalue weighted by molar-refractivity contribution is 0.0951. The monoisotopic (exact) mass is 185 g/mol. The van der Waals surface area contributed by atoms with Crippen molar-refractivity contribution in [2.24, 2.45) is 0 Å². The highest BCUT2D eigenvalue weighted by Crippen LogP contribution is 2.21. The minimum absolute atomic E-state index is 0.196. The van der Waals surface area contributed by atoms with Gasteiger partial charge in [-0.15, -0.1) is 11.3 Å². The molecule has 1 aliphatic carbocycles. The lowest BCUT2D eigenvalue weighted by Gasteiger charge is -1.98. The smallest absolute Gasteiger partial charge is 0.264 e. The van der Waals surface area contributed by atoms with Gasteiger partial charge in [0.2, 0.25) is 0 Å². The number of halogens is 1. The maximum absolute atomic E-state index is 12.8. The number of nitrogens with one attached hydrogen (secondary N) is 1. The first-order chi connectivity index (χ1) is 5.77. The third-order valence-electron chi connectivity index (χ3n) is 1.74. The van der Waals surface area contributed by atoms with Crippen molar-refractivity contribution in [3.63, 3.8) is 0 Å². The van der Waals surface area contributed by atoms with Gasteiger partial charge in [0.25, 0.3) is 5.91 Å². The van der Waals surface area contributed by atoms with E-state index in [1.807, 2.05) is 0 Å². The van der Waals surface area contributed by atoms with E-state index in [1.165, 1.54) is 6.07 Å². The Bertz CT molecular complexity index is 306. The largest absolute Gasteiger partial charge is 0.349 e. The topological polar surface area (TPSA) is 29.1 Å². The summed E-state index contributed by atoms with van der Waals surface area (Å²) in [6.07, 6.45) is 2.05. The van der Waals surface area contributed by atoms with Gasteiger partial charge in [0.1, 0.15) is 10.7 Å². The lowest BCUT2D eigenvalue weighted by Crippen LogP contribution is -2.25. The predicted molar refractivity (Wildman–Crippen MR) is 44.8 cm³/mol. The molecule has 0 aliphatic heterocycles. The molecule has 0 unspecified atom stereocenters. The number of carbonyl (C=O) groups is 1. The zero-order valence-electron chi connectivity index (χ0n) is 6.34. The number of hydrogen-bond donors (Lipinski definition) is 1. The van der Waals surface area contributed by atoms with Crippen LogP contribution in [0.5, 0.6) is 0 Å². The minimum Gasteiger partial charge on any atom is -0.349 e. The summed E-state index contributed by atoms with van der Waals surface area (Å²) in [5.41, 5.74) is 0. The molecule has 0 bridgehead atoms. The summed E-state index contributed by atoms with van der Waals surface area (Å²) in [5.74, 6) is -0.692. The van der Waals surface area contributed by atoms with Crippen LogP contribution in [0.4, 0.5) is 4.39 Å². The van der Waals surface area contributed by atoms with Crippen molar-refractivity contribution >= 4 is 17.2 Å². The third-order valence-corrected chi connectivity index (χ3v) is 2.62. The molecule has 0 aromatic carbocycles. The number of amides is 1. The Hall–Kier alpha value is -0.900. The quantitative estimate of drug-likeness (QED) is 0.747. The summed E-state index contributed by atoms with van der Waals surface area (Å²) >= 11 is 1.14. The summed E-state index contributed by atoms with van der Waals surface area (Å²) in [7, 11) is 0. The van der Waals surface area contributed by atoms with E-state index >= 15 is 0 Å². The second-order valence-corrected chi connectivity index (χ2v) is 3.76. The summed E-state index contributed by atoms with van der Waals surface area (Å²) < 4.78 is 12.8. The molecule has 1 aromatic heterocycles. The minimum atomic E-state index is -0.418. The van der Waals surface area contributed by atoms with Crippen LogP contribution >= 0.6 is 11.3 Å². The Morgan fingerprint density at radius 2 is 2.42 bits per heavy atom. The van der Waals surface area contributed by atoms with Crippen LogP contribution in [-0.4, -0.2) is 11.9 Å². The van der Waals surface area contributed by atoms with Crippen molar-refractivity contribution in [3.05, 3.63) is 22.1 Å².